The minimum absolute atomic E-state index is 0.00680. The summed E-state index contributed by atoms with van der Waals surface area (Å²) in [6, 6.07) is 4.53. The lowest BCUT2D eigenvalue weighted by atomic mass is 10.2. The SMILES string of the molecule is O=C(CSc1ncnc2nc(N3CCOCC3)sc12)Nc1cccc(C(F)(F)F)c1. The lowest BCUT2D eigenvalue weighted by Gasteiger charge is -2.25. The van der Waals surface area contributed by atoms with Gasteiger partial charge in [0.25, 0.3) is 0 Å². The molecular weight excluding hydrogens is 439 g/mol. The maximum atomic E-state index is 12.8. The van der Waals surface area contributed by atoms with Crippen LogP contribution in [0.25, 0.3) is 10.3 Å². The van der Waals surface area contributed by atoms with E-state index in [2.05, 4.69) is 25.2 Å². The number of fused-ring (bicyclic) bond motifs is 1. The predicted molar refractivity (Wildman–Crippen MR) is 109 cm³/mol. The molecule has 4 rings (SSSR count). The average Bonchev–Trinajstić information content (AvgIpc) is 3.17. The van der Waals surface area contributed by atoms with Crippen molar-refractivity contribution in [2.24, 2.45) is 0 Å². The number of thioether (sulfide) groups is 1. The number of alkyl halides is 3. The molecule has 1 aromatic carbocycles. The number of hydrogen-bond acceptors (Lipinski definition) is 8. The fourth-order valence-corrected chi connectivity index (χ4v) is 4.76. The zero-order valence-corrected chi connectivity index (χ0v) is 17.1. The Morgan fingerprint density at radius 3 is 2.83 bits per heavy atom. The molecule has 158 valence electrons. The van der Waals surface area contributed by atoms with Crippen LogP contribution in [0, 0.1) is 0 Å². The third kappa shape index (κ3) is 4.82. The number of rotatable bonds is 5. The summed E-state index contributed by atoms with van der Waals surface area (Å²) in [5, 5.41) is 3.92. The summed E-state index contributed by atoms with van der Waals surface area (Å²) in [4.78, 5) is 27.3. The van der Waals surface area contributed by atoms with Gasteiger partial charge in [-0.05, 0) is 18.2 Å². The Kier molecular flexibility index (Phi) is 6.06. The van der Waals surface area contributed by atoms with Crippen molar-refractivity contribution in [3.8, 4) is 0 Å². The molecule has 1 aliphatic heterocycles. The normalized spacial score (nSPS) is 14.8. The number of nitrogens with zero attached hydrogens (tertiary/aromatic N) is 4. The molecule has 1 aliphatic rings. The van der Waals surface area contributed by atoms with E-state index in [1.807, 2.05) is 0 Å². The van der Waals surface area contributed by atoms with Gasteiger partial charge >= 0.3 is 6.18 Å². The number of anilines is 2. The molecule has 0 bridgehead atoms. The van der Waals surface area contributed by atoms with E-state index in [4.69, 9.17) is 4.74 Å². The molecule has 30 heavy (non-hydrogen) atoms. The number of benzene rings is 1. The molecule has 7 nitrogen and oxygen atoms in total. The number of carbonyl (C=O) groups is 1. The number of nitrogens with one attached hydrogen (secondary N) is 1. The lowest BCUT2D eigenvalue weighted by Crippen LogP contribution is -2.36. The van der Waals surface area contributed by atoms with Gasteiger partial charge in [-0.15, -0.1) is 0 Å². The van der Waals surface area contributed by atoms with Gasteiger partial charge in [0.05, 0.1) is 24.5 Å². The molecule has 2 aromatic heterocycles. The molecule has 0 unspecified atom stereocenters. The second-order valence-electron chi connectivity index (χ2n) is 6.34. The van der Waals surface area contributed by atoms with E-state index in [-0.39, 0.29) is 11.4 Å². The summed E-state index contributed by atoms with van der Waals surface area (Å²) < 4.78 is 44.6. The molecule has 1 amide bonds. The number of amides is 1. The van der Waals surface area contributed by atoms with Gasteiger partial charge in [0.15, 0.2) is 10.8 Å². The van der Waals surface area contributed by atoms with Gasteiger partial charge in [0, 0.05) is 18.8 Å². The van der Waals surface area contributed by atoms with Crippen molar-refractivity contribution in [2.75, 3.05) is 42.3 Å². The summed E-state index contributed by atoms with van der Waals surface area (Å²) in [6.45, 7) is 2.77. The highest BCUT2D eigenvalue weighted by Gasteiger charge is 2.30. The molecule has 1 saturated heterocycles. The van der Waals surface area contributed by atoms with Gasteiger partial charge in [-0.1, -0.05) is 29.2 Å². The fourth-order valence-electron chi connectivity index (χ4n) is 2.82. The van der Waals surface area contributed by atoms with Gasteiger partial charge < -0.3 is 15.0 Å². The van der Waals surface area contributed by atoms with E-state index in [9.17, 15) is 18.0 Å². The quantitative estimate of drug-likeness (QED) is 0.464. The van der Waals surface area contributed by atoms with Gasteiger partial charge in [-0.2, -0.15) is 18.2 Å². The first-order valence-corrected chi connectivity index (χ1v) is 10.7. The molecule has 0 aliphatic carbocycles. The van der Waals surface area contributed by atoms with Crippen LogP contribution in [0.2, 0.25) is 0 Å². The molecule has 0 spiro atoms. The zero-order valence-electron chi connectivity index (χ0n) is 15.5. The highest BCUT2D eigenvalue weighted by atomic mass is 32.2. The van der Waals surface area contributed by atoms with Crippen LogP contribution in [0.15, 0.2) is 35.6 Å². The van der Waals surface area contributed by atoms with E-state index in [1.165, 1.54) is 41.6 Å². The monoisotopic (exact) mass is 455 g/mol. The van der Waals surface area contributed by atoms with Gasteiger partial charge in [0.2, 0.25) is 5.91 Å². The maximum Gasteiger partial charge on any atom is 0.416 e. The molecule has 0 saturated carbocycles. The Labute approximate surface area is 177 Å². The van der Waals surface area contributed by atoms with Gasteiger partial charge in [-0.25, -0.2) is 9.97 Å². The number of hydrogen-bond donors (Lipinski definition) is 1. The minimum Gasteiger partial charge on any atom is -0.378 e. The van der Waals surface area contributed by atoms with Crippen LogP contribution >= 0.6 is 23.1 Å². The van der Waals surface area contributed by atoms with Crippen molar-refractivity contribution in [2.45, 2.75) is 11.2 Å². The molecule has 1 N–H and O–H groups in total. The second kappa shape index (κ2) is 8.74. The van der Waals surface area contributed by atoms with Crippen LogP contribution in [-0.4, -0.2) is 52.9 Å². The van der Waals surface area contributed by atoms with Crippen LogP contribution < -0.4 is 10.2 Å². The Morgan fingerprint density at radius 1 is 1.27 bits per heavy atom. The highest BCUT2D eigenvalue weighted by molar-refractivity contribution is 8.00. The largest absolute Gasteiger partial charge is 0.416 e. The topological polar surface area (TPSA) is 80.2 Å². The molecule has 12 heteroatoms. The van der Waals surface area contributed by atoms with Crippen molar-refractivity contribution < 1.29 is 22.7 Å². The lowest BCUT2D eigenvalue weighted by molar-refractivity contribution is -0.137. The van der Waals surface area contributed by atoms with E-state index in [1.54, 1.807) is 0 Å². The highest BCUT2D eigenvalue weighted by Crippen LogP contribution is 2.34. The maximum absolute atomic E-state index is 12.8. The van der Waals surface area contributed by atoms with Crippen LogP contribution in [0.4, 0.5) is 24.0 Å². The van der Waals surface area contributed by atoms with E-state index >= 15 is 0 Å². The first-order chi connectivity index (χ1) is 14.4. The predicted octanol–water partition coefficient (Wildman–Crippen LogP) is 3.67. The number of morpholine rings is 1. The van der Waals surface area contributed by atoms with Gasteiger partial charge in [-0.3, -0.25) is 4.79 Å². The Balaban J connectivity index is 1.43. The molecular formula is C18H16F3N5O2S2. The first kappa shape index (κ1) is 20.8. The minimum atomic E-state index is -4.47. The van der Waals surface area contributed by atoms with Crippen molar-refractivity contribution in [1.82, 2.24) is 15.0 Å². The zero-order chi connectivity index (χ0) is 21.1. The summed E-state index contributed by atoms with van der Waals surface area (Å²) in [7, 11) is 0. The van der Waals surface area contributed by atoms with Crippen molar-refractivity contribution in [3.63, 3.8) is 0 Å². The third-order valence-corrected chi connectivity index (χ3v) is 6.47. The summed E-state index contributed by atoms with van der Waals surface area (Å²) in [5.74, 6) is -0.434. The molecule has 0 radical (unpaired) electrons. The smallest absolute Gasteiger partial charge is 0.378 e. The Bertz CT molecular complexity index is 1050. The molecule has 3 aromatic rings. The van der Waals surface area contributed by atoms with E-state index in [0.29, 0.717) is 23.9 Å². The van der Waals surface area contributed by atoms with Crippen LogP contribution in [0.1, 0.15) is 5.56 Å². The second-order valence-corrected chi connectivity index (χ2v) is 8.28. The molecule has 0 atom stereocenters. The number of thiazole rings is 1. The first-order valence-electron chi connectivity index (χ1n) is 8.94. The number of carbonyl (C=O) groups excluding carboxylic acids is 1. The summed E-state index contributed by atoms with van der Waals surface area (Å²) >= 11 is 2.64. The number of aromatic nitrogens is 3. The third-order valence-electron chi connectivity index (χ3n) is 4.24. The fraction of sp³-hybridized carbons (Fsp3) is 0.333. The number of halogens is 3. The standard InChI is InChI=1S/C18H16F3N5O2S2/c19-18(20,21)11-2-1-3-12(8-11)24-13(27)9-29-16-14-15(22-10-23-16)25-17(30-14)26-4-6-28-7-5-26/h1-3,8,10H,4-7,9H2,(H,24,27). The summed E-state index contributed by atoms with van der Waals surface area (Å²) in [5.41, 5.74) is -0.168. The van der Waals surface area contributed by atoms with E-state index in [0.717, 1.165) is 35.1 Å². The van der Waals surface area contributed by atoms with Crippen molar-refractivity contribution in [1.29, 1.82) is 0 Å². The Morgan fingerprint density at radius 2 is 2.07 bits per heavy atom. The van der Waals surface area contributed by atoms with Crippen LogP contribution in [0.3, 0.4) is 0 Å². The van der Waals surface area contributed by atoms with Crippen molar-refractivity contribution >= 4 is 50.2 Å². The number of ether oxygens (including phenoxy) is 1. The molecule has 3 heterocycles. The van der Waals surface area contributed by atoms with E-state index < -0.39 is 17.6 Å². The Hall–Kier alpha value is -2.44. The average molecular weight is 455 g/mol. The van der Waals surface area contributed by atoms with Gasteiger partial charge in [0.1, 0.15) is 16.1 Å². The van der Waals surface area contributed by atoms with Crippen LogP contribution in [-0.2, 0) is 15.7 Å². The van der Waals surface area contributed by atoms with Crippen molar-refractivity contribution in [3.05, 3.63) is 36.2 Å². The van der Waals surface area contributed by atoms with Crippen LogP contribution in [0.5, 0.6) is 0 Å². The molecule has 1 fully saturated rings. The summed E-state index contributed by atoms with van der Waals surface area (Å²) in [6.07, 6.45) is -3.08.